The minimum absolute atomic E-state index is 0.111. The minimum atomic E-state index is -0.900. The Balaban J connectivity index is 2.22. The molecular weight excluding hydrogens is 266 g/mol. The molecule has 0 bridgehead atoms. The fourth-order valence-electron chi connectivity index (χ4n) is 1.83. The quantitative estimate of drug-likeness (QED) is 0.912. The SMILES string of the molecule is Cc1ccc(CN(CC(=O)O)c2cccc(Cl)c2)o1. The zero-order valence-corrected chi connectivity index (χ0v) is 11.2. The molecule has 1 heterocycles. The van der Waals surface area contributed by atoms with E-state index < -0.39 is 5.97 Å². The molecule has 1 aromatic heterocycles. The monoisotopic (exact) mass is 279 g/mol. The second-order valence-electron chi connectivity index (χ2n) is 4.24. The van der Waals surface area contributed by atoms with Crippen molar-refractivity contribution < 1.29 is 14.3 Å². The van der Waals surface area contributed by atoms with Crippen molar-refractivity contribution in [3.63, 3.8) is 0 Å². The van der Waals surface area contributed by atoms with Gasteiger partial charge in [-0.2, -0.15) is 0 Å². The van der Waals surface area contributed by atoms with E-state index in [9.17, 15) is 4.79 Å². The van der Waals surface area contributed by atoms with Crippen LogP contribution in [0.1, 0.15) is 11.5 Å². The Bertz CT molecular complexity index is 580. The van der Waals surface area contributed by atoms with Crippen molar-refractivity contribution in [2.75, 3.05) is 11.4 Å². The molecule has 0 unspecified atom stereocenters. The van der Waals surface area contributed by atoms with Crippen LogP contribution in [0.25, 0.3) is 0 Å². The van der Waals surface area contributed by atoms with E-state index in [-0.39, 0.29) is 6.54 Å². The van der Waals surface area contributed by atoms with Gasteiger partial charge in [0.1, 0.15) is 18.1 Å². The third-order valence-corrected chi connectivity index (χ3v) is 2.88. The van der Waals surface area contributed by atoms with Crippen LogP contribution in [-0.4, -0.2) is 17.6 Å². The van der Waals surface area contributed by atoms with Crippen LogP contribution in [0.5, 0.6) is 0 Å². The van der Waals surface area contributed by atoms with E-state index in [2.05, 4.69) is 0 Å². The summed E-state index contributed by atoms with van der Waals surface area (Å²) in [6.07, 6.45) is 0. The van der Waals surface area contributed by atoms with Crippen molar-refractivity contribution in [2.24, 2.45) is 0 Å². The highest BCUT2D eigenvalue weighted by Crippen LogP contribution is 2.21. The molecule has 5 heteroatoms. The first-order chi connectivity index (χ1) is 9.04. The van der Waals surface area contributed by atoms with Gasteiger partial charge >= 0.3 is 5.97 Å². The van der Waals surface area contributed by atoms with Crippen LogP contribution in [0.4, 0.5) is 5.69 Å². The fourth-order valence-corrected chi connectivity index (χ4v) is 2.02. The molecule has 0 saturated heterocycles. The first-order valence-corrected chi connectivity index (χ1v) is 6.20. The molecule has 4 nitrogen and oxygen atoms in total. The number of halogens is 1. The number of nitrogens with zero attached hydrogens (tertiary/aromatic N) is 1. The largest absolute Gasteiger partial charge is 0.480 e. The number of hydrogen-bond acceptors (Lipinski definition) is 3. The van der Waals surface area contributed by atoms with E-state index >= 15 is 0 Å². The molecule has 2 rings (SSSR count). The summed E-state index contributed by atoms with van der Waals surface area (Å²) in [5, 5.41) is 9.57. The number of carboxylic acids is 1. The van der Waals surface area contributed by atoms with E-state index in [0.717, 1.165) is 17.2 Å². The average Bonchev–Trinajstić information content (AvgIpc) is 2.73. The number of carbonyl (C=O) groups is 1. The second-order valence-corrected chi connectivity index (χ2v) is 4.68. The number of anilines is 1. The van der Waals surface area contributed by atoms with E-state index in [1.807, 2.05) is 25.1 Å². The summed E-state index contributed by atoms with van der Waals surface area (Å²) >= 11 is 5.94. The second kappa shape index (κ2) is 5.80. The zero-order valence-electron chi connectivity index (χ0n) is 10.5. The van der Waals surface area contributed by atoms with E-state index in [1.54, 1.807) is 23.1 Å². The molecule has 1 N–H and O–H groups in total. The Morgan fingerprint density at radius 2 is 2.16 bits per heavy atom. The Morgan fingerprint density at radius 1 is 1.37 bits per heavy atom. The van der Waals surface area contributed by atoms with E-state index in [0.29, 0.717) is 11.6 Å². The summed E-state index contributed by atoms with van der Waals surface area (Å²) in [6, 6.07) is 10.8. The molecule has 0 radical (unpaired) electrons. The summed E-state index contributed by atoms with van der Waals surface area (Å²) in [5.74, 6) is 0.623. The van der Waals surface area contributed by atoms with Crippen LogP contribution >= 0.6 is 11.6 Å². The van der Waals surface area contributed by atoms with Crippen molar-refractivity contribution in [1.29, 1.82) is 0 Å². The first-order valence-electron chi connectivity index (χ1n) is 5.82. The van der Waals surface area contributed by atoms with Gasteiger partial charge in [-0.1, -0.05) is 17.7 Å². The van der Waals surface area contributed by atoms with Gasteiger partial charge in [-0.25, -0.2) is 0 Å². The Kier molecular flexibility index (Phi) is 4.12. The normalized spacial score (nSPS) is 10.4. The van der Waals surface area contributed by atoms with Crippen molar-refractivity contribution in [3.05, 3.63) is 52.9 Å². The smallest absolute Gasteiger partial charge is 0.323 e. The maximum Gasteiger partial charge on any atom is 0.323 e. The molecule has 0 aliphatic carbocycles. The third kappa shape index (κ3) is 3.76. The number of aryl methyl sites for hydroxylation is 1. The topological polar surface area (TPSA) is 53.7 Å². The zero-order chi connectivity index (χ0) is 13.8. The van der Waals surface area contributed by atoms with Gasteiger partial charge in [-0.3, -0.25) is 4.79 Å². The summed E-state index contributed by atoms with van der Waals surface area (Å²) in [7, 11) is 0. The molecule has 2 aromatic rings. The molecule has 0 saturated carbocycles. The lowest BCUT2D eigenvalue weighted by atomic mass is 10.2. The van der Waals surface area contributed by atoms with Gasteiger partial charge in [0.15, 0.2) is 0 Å². The molecule has 0 aliphatic heterocycles. The lowest BCUT2D eigenvalue weighted by molar-refractivity contribution is -0.135. The molecule has 0 amide bonds. The highest BCUT2D eigenvalue weighted by Gasteiger charge is 2.13. The van der Waals surface area contributed by atoms with Gasteiger partial charge in [0.05, 0.1) is 6.54 Å². The van der Waals surface area contributed by atoms with Crippen LogP contribution in [0.15, 0.2) is 40.8 Å². The number of hydrogen-bond donors (Lipinski definition) is 1. The fraction of sp³-hybridized carbons (Fsp3) is 0.214. The van der Waals surface area contributed by atoms with Crippen LogP contribution in [0.3, 0.4) is 0 Å². The van der Waals surface area contributed by atoms with Gasteiger partial charge < -0.3 is 14.4 Å². The number of carboxylic acid groups (broad SMARTS) is 1. The van der Waals surface area contributed by atoms with Crippen molar-refractivity contribution >= 4 is 23.3 Å². The van der Waals surface area contributed by atoms with E-state index in [1.165, 1.54) is 0 Å². The number of aliphatic carboxylic acids is 1. The van der Waals surface area contributed by atoms with Crippen LogP contribution < -0.4 is 4.90 Å². The predicted octanol–water partition coefficient (Wildman–Crippen LogP) is 3.33. The molecule has 100 valence electrons. The lowest BCUT2D eigenvalue weighted by Gasteiger charge is -2.21. The Morgan fingerprint density at radius 3 is 2.74 bits per heavy atom. The van der Waals surface area contributed by atoms with Crippen molar-refractivity contribution in [3.8, 4) is 0 Å². The van der Waals surface area contributed by atoms with E-state index in [4.69, 9.17) is 21.1 Å². The maximum absolute atomic E-state index is 11.0. The van der Waals surface area contributed by atoms with Crippen LogP contribution in [0, 0.1) is 6.92 Å². The Labute approximate surface area is 116 Å². The predicted molar refractivity (Wildman–Crippen MR) is 73.6 cm³/mol. The van der Waals surface area contributed by atoms with Gasteiger partial charge in [-0.15, -0.1) is 0 Å². The summed E-state index contributed by atoms with van der Waals surface area (Å²) in [6.45, 7) is 2.13. The summed E-state index contributed by atoms with van der Waals surface area (Å²) in [4.78, 5) is 12.7. The molecule has 0 fully saturated rings. The van der Waals surface area contributed by atoms with Gasteiger partial charge in [-0.05, 0) is 37.3 Å². The van der Waals surface area contributed by atoms with Crippen LogP contribution in [-0.2, 0) is 11.3 Å². The average molecular weight is 280 g/mol. The summed E-state index contributed by atoms with van der Waals surface area (Å²) in [5.41, 5.74) is 0.754. The standard InChI is InChI=1S/C14H14ClNO3/c1-10-5-6-13(19-10)8-16(9-14(17)18)12-4-2-3-11(15)7-12/h2-7H,8-9H2,1H3,(H,17,18). The molecule has 0 spiro atoms. The van der Waals surface area contributed by atoms with Gasteiger partial charge in [0.25, 0.3) is 0 Å². The highest BCUT2D eigenvalue weighted by atomic mass is 35.5. The molecule has 19 heavy (non-hydrogen) atoms. The van der Waals surface area contributed by atoms with Crippen molar-refractivity contribution in [1.82, 2.24) is 0 Å². The molecule has 1 aromatic carbocycles. The highest BCUT2D eigenvalue weighted by molar-refractivity contribution is 6.30. The minimum Gasteiger partial charge on any atom is -0.480 e. The molecular formula is C14H14ClNO3. The molecule has 0 aliphatic rings. The summed E-state index contributed by atoms with van der Waals surface area (Å²) < 4.78 is 5.48. The third-order valence-electron chi connectivity index (χ3n) is 2.64. The molecule has 0 atom stereocenters. The maximum atomic E-state index is 11.0. The Hall–Kier alpha value is -1.94. The van der Waals surface area contributed by atoms with Crippen molar-refractivity contribution in [2.45, 2.75) is 13.5 Å². The van der Waals surface area contributed by atoms with Gasteiger partial charge in [0.2, 0.25) is 0 Å². The lowest BCUT2D eigenvalue weighted by Crippen LogP contribution is -2.28. The number of furan rings is 1. The number of rotatable bonds is 5. The number of benzene rings is 1. The van der Waals surface area contributed by atoms with Gasteiger partial charge in [0, 0.05) is 10.7 Å². The van der Waals surface area contributed by atoms with Crippen LogP contribution in [0.2, 0.25) is 5.02 Å². The first kappa shape index (κ1) is 13.5.